The second-order valence-corrected chi connectivity index (χ2v) is 2.55. The topological polar surface area (TPSA) is 40.5 Å². The zero-order valence-corrected chi connectivity index (χ0v) is 5.49. The maximum atomic E-state index is 9.01. The molecular weight excluding hydrogens is 116 g/mol. The van der Waals surface area contributed by atoms with Gasteiger partial charge in [-0.2, -0.15) is 0 Å². The predicted molar refractivity (Wildman–Crippen MR) is 34.9 cm³/mol. The maximum Gasteiger partial charge on any atom is 0.0581 e. The minimum atomic E-state index is -0.313. The first-order valence-corrected chi connectivity index (χ1v) is 3.23. The smallest absolute Gasteiger partial charge is 0.0581 e. The molecular formula is C7H12O2. The highest BCUT2D eigenvalue weighted by molar-refractivity contribution is 5.10. The van der Waals surface area contributed by atoms with Crippen molar-refractivity contribution in [2.24, 2.45) is 11.8 Å². The summed E-state index contributed by atoms with van der Waals surface area (Å²) < 4.78 is 0. The minimum absolute atomic E-state index is 0.159. The fraction of sp³-hybridized carbons (Fsp3) is 0.714. The van der Waals surface area contributed by atoms with Crippen molar-refractivity contribution in [3.8, 4) is 0 Å². The van der Waals surface area contributed by atoms with Crippen LogP contribution in [0.15, 0.2) is 12.2 Å². The van der Waals surface area contributed by atoms with Gasteiger partial charge in [0, 0.05) is 18.4 Å². The van der Waals surface area contributed by atoms with Crippen molar-refractivity contribution < 1.29 is 10.2 Å². The molecule has 0 bridgehead atoms. The maximum absolute atomic E-state index is 9.01. The van der Waals surface area contributed by atoms with Crippen molar-refractivity contribution in [1.82, 2.24) is 0 Å². The standard InChI is InChI=1S/C7H12O2/c1-5(9)7-3-2-6(7)4-8/h2-3,5-9H,4H2,1H3/t5-,6+,7-/m0/s1. The van der Waals surface area contributed by atoms with Crippen LogP contribution in [0.1, 0.15) is 6.92 Å². The van der Waals surface area contributed by atoms with Crippen LogP contribution in [-0.4, -0.2) is 22.9 Å². The van der Waals surface area contributed by atoms with Crippen LogP contribution in [0, 0.1) is 11.8 Å². The van der Waals surface area contributed by atoms with E-state index in [0.29, 0.717) is 0 Å². The van der Waals surface area contributed by atoms with E-state index in [9.17, 15) is 0 Å². The summed E-state index contributed by atoms with van der Waals surface area (Å²) in [6.07, 6.45) is 3.55. The van der Waals surface area contributed by atoms with Gasteiger partial charge in [-0.3, -0.25) is 0 Å². The molecule has 0 aromatic heterocycles. The summed E-state index contributed by atoms with van der Waals surface area (Å²) in [6, 6.07) is 0. The second-order valence-electron chi connectivity index (χ2n) is 2.55. The van der Waals surface area contributed by atoms with Crippen molar-refractivity contribution in [3.05, 3.63) is 12.2 Å². The summed E-state index contributed by atoms with van der Waals surface area (Å²) in [5.41, 5.74) is 0. The Morgan fingerprint density at radius 3 is 2.33 bits per heavy atom. The SMILES string of the molecule is C[C@H](O)[C@@H]1C=C[C@@H]1CO. The van der Waals surface area contributed by atoms with E-state index in [-0.39, 0.29) is 24.5 Å². The Hall–Kier alpha value is -0.340. The highest BCUT2D eigenvalue weighted by Gasteiger charge is 2.26. The Morgan fingerprint density at radius 1 is 1.56 bits per heavy atom. The van der Waals surface area contributed by atoms with E-state index in [2.05, 4.69) is 0 Å². The first kappa shape index (κ1) is 6.78. The van der Waals surface area contributed by atoms with Gasteiger partial charge >= 0.3 is 0 Å². The molecule has 2 N–H and O–H groups in total. The molecule has 0 radical (unpaired) electrons. The molecule has 0 heterocycles. The Bertz CT molecular complexity index is 118. The quantitative estimate of drug-likeness (QED) is 0.520. The highest BCUT2D eigenvalue weighted by Crippen LogP contribution is 2.27. The minimum Gasteiger partial charge on any atom is -0.396 e. The third kappa shape index (κ3) is 1.14. The van der Waals surface area contributed by atoms with Crippen molar-refractivity contribution >= 4 is 0 Å². The number of aliphatic hydroxyl groups is 2. The lowest BCUT2D eigenvalue weighted by molar-refractivity contribution is 0.0894. The van der Waals surface area contributed by atoms with Crippen LogP contribution in [0.3, 0.4) is 0 Å². The third-order valence-corrected chi connectivity index (χ3v) is 1.84. The molecule has 3 atom stereocenters. The molecule has 1 aliphatic rings. The van der Waals surface area contributed by atoms with Crippen LogP contribution >= 0.6 is 0 Å². The molecule has 0 saturated carbocycles. The summed E-state index contributed by atoms with van der Waals surface area (Å²) in [5.74, 6) is 0.389. The van der Waals surface area contributed by atoms with Gasteiger partial charge in [0.2, 0.25) is 0 Å². The average Bonchev–Trinajstić information content (AvgIpc) is 1.61. The molecule has 9 heavy (non-hydrogen) atoms. The average molecular weight is 128 g/mol. The van der Waals surface area contributed by atoms with Crippen molar-refractivity contribution in [2.75, 3.05) is 6.61 Å². The number of hydrogen-bond donors (Lipinski definition) is 2. The fourth-order valence-electron chi connectivity index (χ4n) is 1.10. The summed E-state index contributed by atoms with van der Waals surface area (Å²) in [5, 5.41) is 17.7. The molecule has 0 spiro atoms. The largest absolute Gasteiger partial charge is 0.396 e. The molecule has 1 aliphatic carbocycles. The molecule has 0 aliphatic heterocycles. The summed E-state index contributed by atoms with van der Waals surface area (Å²) in [7, 11) is 0. The molecule has 2 nitrogen and oxygen atoms in total. The molecule has 0 unspecified atom stereocenters. The van der Waals surface area contributed by atoms with Gasteiger partial charge in [-0.05, 0) is 6.92 Å². The molecule has 0 aromatic rings. The van der Waals surface area contributed by atoms with E-state index in [4.69, 9.17) is 10.2 Å². The molecule has 0 aromatic carbocycles. The van der Waals surface area contributed by atoms with Crippen molar-refractivity contribution in [1.29, 1.82) is 0 Å². The Labute approximate surface area is 54.8 Å². The van der Waals surface area contributed by atoms with E-state index >= 15 is 0 Å². The van der Waals surface area contributed by atoms with Gasteiger partial charge in [0.05, 0.1) is 6.10 Å². The molecule has 0 amide bonds. The predicted octanol–water partition coefficient (Wildman–Crippen LogP) is 0.162. The van der Waals surface area contributed by atoms with E-state index in [1.165, 1.54) is 0 Å². The van der Waals surface area contributed by atoms with Crippen LogP contribution in [0.2, 0.25) is 0 Å². The van der Waals surface area contributed by atoms with Gasteiger partial charge in [0.1, 0.15) is 0 Å². The summed E-state index contributed by atoms with van der Waals surface area (Å²) in [6.45, 7) is 1.91. The monoisotopic (exact) mass is 128 g/mol. The molecule has 52 valence electrons. The zero-order chi connectivity index (χ0) is 6.85. The van der Waals surface area contributed by atoms with E-state index in [1.54, 1.807) is 6.92 Å². The second kappa shape index (κ2) is 2.50. The molecule has 0 fully saturated rings. The number of rotatable bonds is 2. The fourth-order valence-corrected chi connectivity index (χ4v) is 1.10. The zero-order valence-electron chi connectivity index (χ0n) is 5.49. The summed E-state index contributed by atoms with van der Waals surface area (Å²) in [4.78, 5) is 0. The molecule has 2 heteroatoms. The number of hydrogen-bond acceptors (Lipinski definition) is 2. The van der Waals surface area contributed by atoms with Gasteiger partial charge in [-0.1, -0.05) is 12.2 Å². The Morgan fingerprint density at radius 2 is 2.22 bits per heavy atom. The van der Waals surface area contributed by atoms with Crippen LogP contribution in [0.5, 0.6) is 0 Å². The first-order chi connectivity index (χ1) is 4.25. The molecule has 0 saturated heterocycles. The van der Waals surface area contributed by atoms with Gasteiger partial charge in [0.15, 0.2) is 0 Å². The van der Waals surface area contributed by atoms with Crippen LogP contribution in [0.25, 0.3) is 0 Å². The van der Waals surface area contributed by atoms with E-state index in [0.717, 1.165) is 0 Å². The normalized spacial score (nSPS) is 35.9. The van der Waals surface area contributed by atoms with Crippen molar-refractivity contribution in [3.63, 3.8) is 0 Å². The third-order valence-electron chi connectivity index (χ3n) is 1.84. The lowest BCUT2D eigenvalue weighted by atomic mass is 9.79. The molecule has 1 rings (SSSR count). The van der Waals surface area contributed by atoms with Gasteiger partial charge in [0.25, 0.3) is 0 Å². The Kier molecular flexibility index (Phi) is 1.88. The van der Waals surface area contributed by atoms with Crippen molar-refractivity contribution in [2.45, 2.75) is 13.0 Å². The van der Waals surface area contributed by atoms with Crippen LogP contribution < -0.4 is 0 Å². The lowest BCUT2D eigenvalue weighted by Gasteiger charge is -2.29. The first-order valence-electron chi connectivity index (χ1n) is 3.23. The van der Waals surface area contributed by atoms with E-state index < -0.39 is 0 Å². The van der Waals surface area contributed by atoms with Crippen LogP contribution in [0.4, 0.5) is 0 Å². The Balaban J connectivity index is 2.39. The highest BCUT2D eigenvalue weighted by atomic mass is 16.3. The van der Waals surface area contributed by atoms with Gasteiger partial charge in [-0.25, -0.2) is 0 Å². The van der Waals surface area contributed by atoms with Crippen LogP contribution in [-0.2, 0) is 0 Å². The number of aliphatic hydroxyl groups excluding tert-OH is 2. The van der Waals surface area contributed by atoms with Gasteiger partial charge in [-0.15, -0.1) is 0 Å². The summed E-state index contributed by atoms with van der Waals surface area (Å²) >= 11 is 0. The lowest BCUT2D eigenvalue weighted by Crippen LogP contribution is -2.30. The van der Waals surface area contributed by atoms with E-state index in [1.807, 2.05) is 12.2 Å². The van der Waals surface area contributed by atoms with Gasteiger partial charge < -0.3 is 10.2 Å².